The zero-order valence-electron chi connectivity index (χ0n) is 25.2. The number of benzene rings is 2. The van der Waals surface area contributed by atoms with Gasteiger partial charge in [-0.2, -0.15) is 39.6 Å². The topological polar surface area (TPSA) is 272 Å². The predicted molar refractivity (Wildman–Crippen MR) is 179 cm³/mol. The van der Waals surface area contributed by atoms with Crippen LogP contribution >= 0.6 is 22.7 Å². The summed E-state index contributed by atoms with van der Waals surface area (Å²) in [4.78, 5) is 34.0. The molecule has 47 heavy (non-hydrogen) atoms. The van der Waals surface area contributed by atoms with Crippen LogP contribution in [0.1, 0.15) is 21.1 Å². The number of fused-ring (bicyclic) bond motifs is 4. The minimum absolute atomic E-state index is 0. The number of rotatable bonds is 6. The van der Waals surface area contributed by atoms with Crippen molar-refractivity contribution in [3.63, 3.8) is 0 Å². The average molecular weight is 729 g/mol. The molecule has 0 saturated carbocycles. The number of aryl methyl sites for hydroxylation is 4. The number of hydrogen-bond donors (Lipinski definition) is 2. The van der Waals surface area contributed by atoms with Crippen LogP contribution in [-0.2, 0) is 25.7 Å². The van der Waals surface area contributed by atoms with E-state index in [0.29, 0.717) is 21.2 Å². The first-order chi connectivity index (χ1) is 20.6. The molecule has 17 nitrogen and oxygen atoms in total. The smallest absolute Gasteiger partial charge is 0.305 e. The molecule has 0 aliphatic carbocycles. The molecular weight excluding hydrogens is 703 g/mol. The Morgan fingerprint density at radius 1 is 0.553 bits per heavy atom. The summed E-state index contributed by atoms with van der Waals surface area (Å²) in [6.07, 6.45) is 3.31. The summed E-state index contributed by atoms with van der Waals surface area (Å²) in [7, 11) is 0. The third-order valence-electron chi connectivity index (χ3n) is 6.40. The molecule has 21 heteroatoms. The van der Waals surface area contributed by atoms with Crippen molar-refractivity contribution in [2.75, 3.05) is 0 Å². The van der Waals surface area contributed by atoms with Crippen molar-refractivity contribution in [3.05, 3.63) is 103 Å². The van der Waals surface area contributed by atoms with Gasteiger partial charge in [0.2, 0.25) is 21.2 Å². The van der Waals surface area contributed by atoms with Crippen molar-refractivity contribution in [1.29, 1.82) is 0 Å². The van der Waals surface area contributed by atoms with E-state index in [0.717, 1.165) is 35.7 Å². The summed E-state index contributed by atoms with van der Waals surface area (Å²) >= 11 is 2.82. The summed E-state index contributed by atoms with van der Waals surface area (Å²) in [5.41, 5.74) is 3.01. The maximum absolute atomic E-state index is 12.2. The molecule has 6 aromatic heterocycles. The SMILES string of the molecule is O.O.O.O=c1c2n[nH]nc2nc2sc(CCc3ccccc3)nn12.O=c1c2n[nH]nc2nc2sc(CCc3ccccc3)nn12.[K].[K]. The number of aromatic nitrogens is 12. The van der Waals surface area contributed by atoms with Gasteiger partial charge in [0.15, 0.2) is 11.0 Å². The molecule has 2 aromatic carbocycles. The Labute approximate surface area is 357 Å². The maximum Gasteiger partial charge on any atom is 0.305 e. The van der Waals surface area contributed by atoms with Crippen molar-refractivity contribution in [2.24, 2.45) is 0 Å². The van der Waals surface area contributed by atoms with Crippen LogP contribution in [0.4, 0.5) is 0 Å². The van der Waals surface area contributed by atoms with Crippen LogP contribution in [-0.4, -0.2) is 179 Å². The monoisotopic (exact) mass is 728 g/mol. The molecule has 0 aliphatic heterocycles. The Balaban J connectivity index is 0.000000295. The zero-order valence-corrected chi connectivity index (χ0v) is 33.1. The number of hydrogen-bond acceptors (Lipinski definition) is 12. The molecule has 0 unspecified atom stereocenters. The minimum atomic E-state index is -0.286. The number of aromatic amines is 2. The summed E-state index contributed by atoms with van der Waals surface area (Å²) in [6, 6.07) is 20.4. The quantitative estimate of drug-likeness (QED) is 0.201. The van der Waals surface area contributed by atoms with Gasteiger partial charge in [-0.25, -0.2) is 0 Å². The van der Waals surface area contributed by atoms with E-state index < -0.39 is 0 Å². The second-order valence-electron chi connectivity index (χ2n) is 9.18. The van der Waals surface area contributed by atoms with E-state index in [1.54, 1.807) is 0 Å². The van der Waals surface area contributed by atoms with Crippen molar-refractivity contribution in [2.45, 2.75) is 25.7 Å². The molecule has 8 rings (SSSR count). The van der Waals surface area contributed by atoms with Gasteiger partial charge in [0.25, 0.3) is 0 Å². The summed E-state index contributed by atoms with van der Waals surface area (Å²) < 4.78 is 2.60. The first kappa shape index (κ1) is 41.1. The van der Waals surface area contributed by atoms with E-state index in [4.69, 9.17) is 0 Å². The van der Waals surface area contributed by atoms with E-state index in [9.17, 15) is 9.59 Å². The van der Waals surface area contributed by atoms with Crippen LogP contribution in [0, 0.1) is 0 Å². The van der Waals surface area contributed by atoms with Crippen LogP contribution in [0.25, 0.3) is 32.2 Å². The van der Waals surface area contributed by atoms with Gasteiger partial charge in [-0.1, -0.05) is 83.3 Å². The fourth-order valence-corrected chi connectivity index (χ4v) is 6.08. The van der Waals surface area contributed by atoms with Gasteiger partial charge < -0.3 is 16.4 Å². The fourth-order valence-electron chi connectivity index (χ4n) is 4.32. The van der Waals surface area contributed by atoms with Crippen LogP contribution in [0.5, 0.6) is 0 Å². The number of nitrogens with one attached hydrogen (secondary N) is 2. The van der Waals surface area contributed by atoms with Gasteiger partial charge in [-0.05, 0) is 24.0 Å². The second-order valence-corrected chi connectivity index (χ2v) is 11.3. The third-order valence-corrected chi connectivity index (χ3v) is 8.33. The first-order valence-corrected chi connectivity index (χ1v) is 14.5. The predicted octanol–water partition coefficient (Wildman–Crippen LogP) is -0.821. The molecule has 0 atom stereocenters. The van der Waals surface area contributed by atoms with Gasteiger partial charge in [-0.3, -0.25) is 9.59 Å². The Bertz CT molecular complexity index is 2130. The van der Waals surface area contributed by atoms with Gasteiger partial charge >= 0.3 is 11.1 Å². The molecule has 0 spiro atoms. The molecular formula is C26H26K2N12O5S2. The van der Waals surface area contributed by atoms with Gasteiger partial charge in [0.05, 0.1) is 0 Å². The Morgan fingerprint density at radius 3 is 1.32 bits per heavy atom. The summed E-state index contributed by atoms with van der Waals surface area (Å²) in [6.45, 7) is 0. The van der Waals surface area contributed by atoms with Crippen molar-refractivity contribution in [3.8, 4) is 0 Å². The molecule has 0 amide bonds. The standard InChI is InChI=1S/2C13H10N6OS.2K.3H2O/c2*20-12-10-11(16-18-15-10)14-13-19(12)17-9(21-13)7-6-8-4-2-1-3-5-8;;;;;/h2*1-5H,6-7H2,(H,15,16,18);;;3*1H2. The summed E-state index contributed by atoms with van der Waals surface area (Å²) in [5, 5.41) is 30.5. The van der Waals surface area contributed by atoms with Gasteiger partial charge in [0.1, 0.15) is 10.0 Å². The van der Waals surface area contributed by atoms with E-state index in [-0.39, 0.29) is 141 Å². The van der Waals surface area contributed by atoms with Crippen LogP contribution < -0.4 is 11.1 Å². The van der Waals surface area contributed by atoms with E-state index in [1.165, 1.54) is 42.8 Å². The molecule has 234 valence electrons. The minimum Gasteiger partial charge on any atom is -0.412 e. The van der Waals surface area contributed by atoms with E-state index >= 15 is 0 Å². The number of nitrogens with zero attached hydrogens (tertiary/aromatic N) is 10. The van der Waals surface area contributed by atoms with E-state index in [2.05, 4.69) is 75.3 Å². The van der Waals surface area contributed by atoms with Crippen LogP contribution in [0.3, 0.4) is 0 Å². The largest absolute Gasteiger partial charge is 0.412 e. The van der Waals surface area contributed by atoms with Crippen molar-refractivity contribution in [1.82, 2.24) is 60.0 Å². The fraction of sp³-hybridized carbons (Fsp3) is 0.154. The van der Waals surface area contributed by atoms with Gasteiger partial charge in [0, 0.05) is 116 Å². The Hall–Kier alpha value is -2.07. The van der Waals surface area contributed by atoms with Crippen molar-refractivity contribution < 1.29 is 16.4 Å². The average Bonchev–Trinajstić information content (AvgIpc) is 3.83. The molecule has 0 aliphatic rings. The van der Waals surface area contributed by atoms with Crippen LogP contribution in [0.2, 0.25) is 0 Å². The third kappa shape index (κ3) is 9.14. The molecule has 0 saturated heterocycles. The Morgan fingerprint density at radius 2 is 0.936 bits per heavy atom. The van der Waals surface area contributed by atoms with Crippen molar-refractivity contribution >= 4 is 158 Å². The normalized spacial score (nSPS) is 10.2. The molecule has 8 aromatic rings. The number of H-pyrrole nitrogens is 2. The maximum atomic E-state index is 12.2. The molecule has 8 N–H and O–H groups in total. The molecule has 2 radical (unpaired) electrons. The molecule has 6 heterocycles. The Kier molecular flexibility index (Phi) is 16.3. The zero-order chi connectivity index (χ0) is 28.5. The summed E-state index contributed by atoms with van der Waals surface area (Å²) in [5.74, 6) is 0. The van der Waals surface area contributed by atoms with Gasteiger partial charge in [-0.15, -0.1) is 20.4 Å². The molecule has 0 bridgehead atoms. The van der Waals surface area contributed by atoms with Crippen LogP contribution in [0.15, 0.2) is 70.3 Å². The second kappa shape index (κ2) is 18.6. The first-order valence-electron chi connectivity index (χ1n) is 12.9. The van der Waals surface area contributed by atoms with E-state index in [1.807, 2.05) is 36.4 Å². The molecule has 0 fully saturated rings.